The summed E-state index contributed by atoms with van der Waals surface area (Å²) >= 11 is 0. The molecule has 228 valence electrons. The van der Waals surface area contributed by atoms with Crippen molar-refractivity contribution in [3.8, 4) is 22.3 Å². The van der Waals surface area contributed by atoms with Crippen LogP contribution in [0.25, 0.3) is 22.3 Å². The van der Waals surface area contributed by atoms with Crippen molar-refractivity contribution in [1.29, 1.82) is 0 Å². The summed E-state index contributed by atoms with van der Waals surface area (Å²) in [6.07, 6.45) is 0. The molecule has 0 aliphatic carbocycles. The molecule has 0 unspecified atom stereocenters. The van der Waals surface area contributed by atoms with Crippen molar-refractivity contribution in [3.05, 3.63) is 100 Å². The second-order valence-corrected chi connectivity index (χ2v) is 14.4. The molecule has 4 aromatic rings. The van der Waals surface area contributed by atoms with Gasteiger partial charge in [0.2, 0.25) is 0 Å². The third-order valence-electron chi connectivity index (χ3n) is 8.53. The van der Waals surface area contributed by atoms with Crippen LogP contribution in [0.5, 0.6) is 0 Å². The van der Waals surface area contributed by atoms with Gasteiger partial charge in [-0.3, -0.25) is 0 Å². The Labute approximate surface area is 259 Å². The van der Waals surface area contributed by atoms with E-state index < -0.39 is 0 Å². The number of anilines is 3. The molecular weight excluding hydrogens is 527 g/mol. The average molecular weight is 579 g/mol. The highest BCUT2D eigenvalue weighted by atomic mass is 19.1. The van der Waals surface area contributed by atoms with E-state index in [1.54, 1.807) is 0 Å². The third kappa shape index (κ3) is 6.98. The highest BCUT2D eigenvalue weighted by Gasteiger charge is 2.24. The maximum absolute atomic E-state index is 15.8. The van der Waals surface area contributed by atoms with Crippen molar-refractivity contribution in [2.75, 3.05) is 11.1 Å². The predicted molar refractivity (Wildman–Crippen MR) is 186 cm³/mol. The van der Waals surface area contributed by atoms with E-state index in [1.165, 1.54) is 22.3 Å². The quantitative estimate of drug-likeness (QED) is 0.204. The van der Waals surface area contributed by atoms with E-state index in [0.29, 0.717) is 17.5 Å². The summed E-state index contributed by atoms with van der Waals surface area (Å²) < 4.78 is 15.8. The van der Waals surface area contributed by atoms with Crippen molar-refractivity contribution < 1.29 is 4.39 Å². The van der Waals surface area contributed by atoms with Crippen molar-refractivity contribution in [2.24, 2.45) is 0 Å². The van der Waals surface area contributed by atoms with Gasteiger partial charge in [0.25, 0.3) is 0 Å². The smallest absolute Gasteiger partial charge is 0.130 e. The molecular formula is C40H51FN2. The number of nitrogens with one attached hydrogen (secondary N) is 1. The zero-order valence-corrected chi connectivity index (χ0v) is 28.1. The van der Waals surface area contributed by atoms with Gasteiger partial charge >= 0.3 is 0 Å². The number of halogens is 1. The highest BCUT2D eigenvalue weighted by Crippen LogP contribution is 2.45. The Bertz CT molecular complexity index is 1550. The molecule has 0 saturated heterocycles. The van der Waals surface area contributed by atoms with Gasteiger partial charge in [-0.2, -0.15) is 0 Å². The van der Waals surface area contributed by atoms with Crippen molar-refractivity contribution >= 4 is 17.1 Å². The minimum atomic E-state index is -0.105. The first-order valence-corrected chi connectivity index (χ1v) is 15.9. The fraction of sp³-hybridized carbons (Fsp3) is 0.400. The van der Waals surface area contributed by atoms with Crippen LogP contribution in [0.2, 0.25) is 0 Å². The Kier molecular flexibility index (Phi) is 9.45. The summed E-state index contributed by atoms with van der Waals surface area (Å²) in [4.78, 5) is 0. The SMILES string of the molecule is CC(C)c1cc(-c2cc(C(C)(C)C)cc(-c3cc(C(C)C)c(F)c(C(C)C)c3)c2Nc2ccccc2N)cc(C(C)C)c1. The van der Waals surface area contributed by atoms with Gasteiger partial charge in [0.1, 0.15) is 5.82 Å². The minimum Gasteiger partial charge on any atom is -0.397 e. The molecule has 0 fully saturated rings. The number of hydrogen-bond donors (Lipinski definition) is 2. The van der Waals surface area contributed by atoms with Gasteiger partial charge in [-0.05, 0) is 104 Å². The van der Waals surface area contributed by atoms with E-state index in [4.69, 9.17) is 5.73 Å². The van der Waals surface area contributed by atoms with Gasteiger partial charge in [-0.25, -0.2) is 4.39 Å². The molecule has 0 amide bonds. The summed E-state index contributed by atoms with van der Waals surface area (Å²) in [5.74, 6) is 0.806. The maximum Gasteiger partial charge on any atom is 0.130 e. The third-order valence-corrected chi connectivity index (χ3v) is 8.53. The first kappa shape index (κ1) is 32.3. The fourth-order valence-corrected chi connectivity index (χ4v) is 5.58. The van der Waals surface area contributed by atoms with Crippen LogP contribution in [0.15, 0.2) is 66.7 Å². The highest BCUT2D eigenvalue weighted by molar-refractivity contribution is 5.95. The fourth-order valence-electron chi connectivity index (χ4n) is 5.58. The predicted octanol–water partition coefficient (Wildman–Crippen LogP) is 12.3. The molecule has 4 aromatic carbocycles. The van der Waals surface area contributed by atoms with E-state index in [2.05, 4.69) is 124 Å². The summed E-state index contributed by atoms with van der Waals surface area (Å²) in [7, 11) is 0. The number of nitrogen functional groups attached to an aromatic ring is 1. The van der Waals surface area contributed by atoms with E-state index in [0.717, 1.165) is 39.2 Å². The van der Waals surface area contributed by atoms with Crippen LogP contribution in [-0.4, -0.2) is 0 Å². The molecule has 0 aromatic heterocycles. The van der Waals surface area contributed by atoms with Gasteiger partial charge in [0, 0.05) is 11.1 Å². The summed E-state index contributed by atoms with van der Waals surface area (Å²) in [5.41, 5.74) is 18.7. The zero-order valence-electron chi connectivity index (χ0n) is 28.1. The average Bonchev–Trinajstić information content (AvgIpc) is 2.93. The van der Waals surface area contributed by atoms with Crippen LogP contribution in [0.1, 0.15) is 128 Å². The zero-order chi connectivity index (χ0) is 31.8. The molecule has 4 rings (SSSR count). The summed E-state index contributed by atoms with van der Waals surface area (Å²) in [5, 5.41) is 3.78. The molecule has 0 bridgehead atoms. The largest absolute Gasteiger partial charge is 0.397 e. The molecule has 0 aliphatic heterocycles. The Morgan fingerprint density at radius 3 is 1.51 bits per heavy atom. The van der Waals surface area contributed by atoms with E-state index in [-0.39, 0.29) is 23.1 Å². The van der Waals surface area contributed by atoms with Gasteiger partial charge in [0.05, 0.1) is 17.1 Å². The van der Waals surface area contributed by atoms with Crippen molar-refractivity contribution in [2.45, 2.75) is 105 Å². The first-order valence-electron chi connectivity index (χ1n) is 15.9. The Balaban J connectivity index is 2.18. The molecule has 0 heterocycles. The molecule has 0 atom stereocenters. The van der Waals surface area contributed by atoms with Gasteiger partial charge in [0.15, 0.2) is 0 Å². The van der Waals surface area contributed by atoms with Gasteiger partial charge < -0.3 is 11.1 Å². The van der Waals surface area contributed by atoms with Crippen LogP contribution in [-0.2, 0) is 5.41 Å². The summed E-state index contributed by atoms with van der Waals surface area (Å²) in [6.45, 7) is 24.1. The van der Waals surface area contributed by atoms with Crippen LogP contribution >= 0.6 is 0 Å². The van der Waals surface area contributed by atoms with Crippen LogP contribution in [0.4, 0.5) is 21.5 Å². The normalized spacial score (nSPS) is 12.2. The monoisotopic (exact) mass is 578 g/mol. The number of para-hydroxylation sites is 2. The summed E-state index contributed by atoms with van der Waals surface area (Å²) in [6, 6.07) is 23.7. The molecule has 0 spiro atoms. The molecule has 3 N–H and O–H groups in total. The van der Waals surface area contributed by atoms with Gasteiger partial charge in [-0.15, -0.1) is 0 Å². The topological polar surface area (TPSA) is 38.0 Å². The van der Waals surface area contributed by atoms with Crippen LogP contribution in [0, 0.1) is 5.82 Å². The molecule has 3 heteroatoms. The molecule has 0 saturated carbocycles. The molecule has 43 heavy (non-hydrogen) atoms. The van der Waals surface area contributed by atoms with E-state index in [9.17, 15) is 0 Å². The maximum atomic E-state index is 15.8. The number of benzene rings is 4. The molecule has 0 radical (unpaired) electrons. The lowest BCUT2D eigenvalue weighted by Crippen LogP contribution is -2.13. The van der Waals surface area contributed by atoms with Crippen molar-refractivity contribution in [3.63, 3.8) is 0 Å². The number of rotatable bonds is 8. The molecule has 2 nitrogen and oxygen atoms in total. The van der Waals surface area contributed by atoms with Crippen LogP contribution < -0.4 is 11.1 Å². The number of nitrogens with two attached hydrogens (primary N) is 1. The number of hydrogen-bond acceptors (Lipinski definition) is 2. The second-order valence-electron chi connectivity index (χ2n) is 14.4. The van der Waals surface area contributed by atoms with Crippen molar-refractivity contribution in [1.82, 2.24) is 0 Å². The second kappa shape index (κ2) is 12.6. The van der Waals surface area contributed by atoms with E-state index >= 15 is 4.39 Å². The Morgan fingerprint density at radius 2 is 1.09 bits per heavy atom. The lowest BCUT2D eigenvalue weighted by atomic mass is 9.80. The minimum absolute atomic E-state index is 0.0558. The lowest BCUT2D eigenvalue weighted by molar-refractivity contribution is 0.573. The van der Waals surface area contributed by atoms with Gasteiger partial charge in [-0.1, -0.05) is 106 Å². The first-order chi connectivity index (χ1) is 20.1. The standard InChI is InChI=1S/C40H51FN2/c1-23(2)27-16-28(24(3)4)18-29(17-27)34-21-31(40(9,10)11)22-35(39(34)43-37-15-13-12-14-36(37)42)30-19-32(25(5)6)38(41)33(20-30)26(7)8/h12-26,43H,42H2,1-11H3. The van der Waals surface area contributed by atoms with Crippen LogP contribution in [0.3, 0.4) is 0 Å². The Hall–Kier alpha value is -3.59. The van der Waals surface area contributed by atoms with E-state index in [1.807, 2.05) is 24.3 Å². The Morgan fingerprint density at radius 1 is 0.628 bits per heavy atom. The lowest BCUT2D eigenvalue weighted by Gasteiger charge is -2.27. The molecule has 0 aliphatic rings.